The number of allylic oxidation sites excluding steroid dienone is 2. The van der Waals surface area contributed by atoms with Gasteiger partial charge < -0.3 is 0 Å². The van der Waals surface area contributed by atoms with Crippen LogP contribution in [0.2, 0.25) is 0 Å². The number of rotatable bonds is 5. The zero-order chi connectivity index (χ0) is 11.1. The van der Waals surface area contributed by atoms with E-state index in [1.807, 2.05) is 18.5 Å². The summed E-state index contributed by atoms with van der Waals surface area (Å²) in [6.07, 6.45) is 12.0. The first kappa shape index (κ1) is 11.7. The Morgan fingerprint density at radius 3 is 2.93 bits per heavy atom. The molecule has 1 nitrogen and oxygen atoms in total. The lowest BCUT2D eigenvalue weighted by Crippen LogP contribution is -1.95. The van der Waals surface area contributed by atoms with Crippen LogP contribution in [-0.2, 0) is 6.42 Å². The molecule has 0 saturated heterocycles. The molecule has 0 N–H and O–H groups in total. The molecule has 0 aliphatic carbocycles. The van der Waals surface area contributed by atoms with Crippen LogP contribution in [0.3, 0.4) is 0 Å². The van der Waals surface area contributed by atoms with Crippen LogP contribution in [0.1, 0.15) is 31.4 Å². The second-order valence-corrected chi connectivity index (χ2v) is 4.10. The van der Waals surface area contributed by atoms with Crippen molar-refractivity contribution in [1.29, 1.82) is 0 Å². The number of hydrogen-bond donors (Lipinski definition) is 0. The van der Waals surface area contributed by atoms with E-state index in [4.69, 9.17) is 0 Å². The van der Waals surface area contributed by atoms with E-state index in [9.17, 15) is 0 Å². The lowest BCUT2D eigenvalue weighted by atomic mass is 10.00. The third-order valence-corrected chi connectivity index (χ3v) is 2.34. The zero-order valence-corrected chi connectivity index (χ0v) is 9.61. The van der Waals surface area contributed by atoms with Crippen LogP contribution < -0.4 is 0 Å². The molecule has 0 fully saturated rings. The van der Waals surface area contributed by atoms with Gasteiger partial charge in [0, 0.05) is 12.4 Å². The molecule has 0 radical (unpaired) electrons. The van der Waals surface area contributed by atoms with E-state index in [0.29, 0.717) is 0 Å². The summed E-state index contributed by atoms with van der Waals surface area (Å²) in [6.45, 7) is 8.17. The molecule has 1 heterocycles. The largest absolute Gasteiger partial charge is 0.264 e. The Morgan fingerprint density at radius 1 is 1.47 bits per heavy atom. The van der Waals surface area contributed by atoms with Gasteiger partial charge in [0.2, 0.25) is 0 Å². The van der Waals surface area contributed by atoms with Gasteiger partial charge in [0.25, 0.3) is 0 Å². The van der Waals surface area contributed by atoms with E-state index in [-0.39, 0.29) is 0 Å². The Bertz CT molecular complexity index is 337. The maximum absolute atomic E-state index is 4.17. The first-order chi connectivity index (χ1) is 7.24. The van der Waals surface area contributed by atoms with E-state index in [2.05, 4.69) is 37.6 Å². The molecule has 0 aliphatic heterocycles. The van der Waals surface area contributed by atoms with Crippen molar-refractivity contribution in [3.8, 4) is 0 Å². The summed E-state index contributed by atoms with van der Waals surface area (Å²) in [7, 11) is 0. The Hall–Kier alpha value is -1.37. The highest BCUT2D eigenvalue weighted by atomic mass is 14.6. The van der Waals surface area contributed by atoms with Crippen LogP contribution in [-0.4, -0.2) is 4.98 Å². The van der Waals surface area contributed by atoms with E-state index in [0.717, 1.165) is 12.3 Å². The van der Waals surface area contributed by atoms with Gasteiger partial charge in [-0.05, 0) is 36.0 Å². The SMILES string of the molecule is C=C/C=C\c1ccncc1CCC(C)C. The quantitative estimate of drug-likeness (QED) is 0.659. The van der Waals surface area contributed by atoms with Gasteiger partial charge in [-0.2, -0.15) is 0 Å². The van der Waals surface area contributed by atoms with Gasteiger partial charge in [-0.1, -0.05) is 38.7 Å². The standard InChI is InChI=1S/C14H19N/c1-4-5-6-13-9-10-15-11-14(13)8-7-12(2)3/h4-6,9-12H,1,7-8H2,2-3H3/b6-5-. The fourth-order valence-electron chi connectivity index (χ4n) is 1.43. The van der Waals surface area contributed by atoms with Crippen molar-refractivity contribution in [3.05, 3.63) is 48.3 Å². The lowest BCUT2D eigenvalue weighted by Gasteiger charge is -2.07. The van der Waals surface area contributed by atoms with E-state index in [1.165, 1.54) is 17.5 Å². The third kappa shape index (κ3) is 4.11. The van der Waals surface area contributed by atoms with Crippen molar-refractivity contribution in [2.45, 2.75) is 26.7 Å². The second kappa shape index (κ2) is 6.18. The molecule has 80 valence electrons. The number of hydrogen-bond acceptors (Lipinski definition) is 1. The number of aryl methyl sites for hydroxylation is 1. The van der Waals surface area contributed by atoms with E-state index in [1.54, 1.807) is 6.08 Å². The molecule has 0 atom stereocenters. The molecule has 0 aliphatic rings. The predicted octanol–water partition coefficient (Wildman–Crippen LogP) is 3.87. The Balaban J connectivity index is 2.76. The van der Waals surface area contributed by atoms with Crippen LogP contribution in [0.4, 0.5) is 0 Å². The Labute approximate surface area is 92.6 Å². The highest BCUT2D eigenvalue weighted by Crippen LogP contribution is 2.14. The maximum Gasteiger partial charge on any atom is 0.0305 e. The normalized spacial score (nSPS) is 11.1. The molecule has 1 heteroatoms. The fourth-order valence-corrected chi connectivity index (χ4v) is 1.43. The number of pyridine rings is 1. The smallest absolute Gasteiger partial charge is 0.0305 e. The molecule has 1 aromatic heterocycles. The second-order valence-electron chi connectivity index (χ2n) is 4.10. The summed E-state index contributed by atoms with van der Waals surface area (Å²) in [4.78, 5) is 4.17. The molecule has 0 saturated carbocycles. The molecule has 0 unspecified atom stereocenters. The van der Waals surface area contributed by atoms with Crippen molar-refractivity contribution >= 4 is 6.08 Å². The Morgan fingerprint density at radius 2 is 2.27 bits per heavy atom. The van der Waals surface area contributed by atoms with Gasteiger partial charge in [0.1, 0.15) is 0 Å². The summed E-state index contributed by atoms with van der Waals surface area (Å²) < 4.78 is 0. The van der Waals surface area contributed by atoms with Gasteiger partial charge in [-0.25, -0.2) is 0 Å². The number of nitrogens with zero attached hydrogens (tertiary/aromatic N) is 1. The van der Waals surface area contributed by atoms with Crippen molar-refractivity contribution < 1.29 is 0 Å². The summed E-state index contributed by atoms with van der Waals surface area (Å²) in [6, 6.07) is 2.05. The lowest BCUT2D eigenvalue weighted by molar-refractivity contribution is 0.586. The van der Waals surface area contributed by atoms with Crippen molar-refractivity contribution in [1.82, 2.24) is 4.98 Å². The van der Waals surface area contributed by atoms with Gasteiger partial charge in [-0.3, -0.25) is 4.98 Å². The van der Waals surface area contributed by atoms with Gasteiger partial charge in [0.15, 0.2) is 0 Å². The van der Waals surface area contributed by atoms with Gasteiger partial charge >= 0.3 is 0 Å². The first-order valence-electron chi connectivity index (χ1n) is 5.46. The molecule has 0 bridgehead atoms. The molecule has 0 spiro atoms. The molecule has 1 rings (SSSR count). The minimum absolute atomic E-state index is 0.737. The molecule has 1 aromatic rings. The molecular weight excluding hydrogens is 182 g/mol. The molecule has 0 amide bonds. The maximum atomic E-state index is 4.17. The summed E-state index contributed by atoms with van der Waals surface area (Å²) in [5.41, 5.74) is 2.58. The van der Waals surface area contributed by atoms with Crippen molar-refractivity contribution in [2.24, 2.45) is 5.92 Å². The van der Waals surface area contributed by atoms with Crippen LogP contribution in [0, 0.1) is 5.92 Å². The summed E-state index contributed by atoms with van der Waals surface area (Å²) in [5, 5.41) is 0. The molecule has 15 heavy (non-hydrogen) atoms. The third-order valence-electron chi connectivity index (χ3n) is 2.34. The van der Waals surface area contributed by atoms with Crippen LogP contribution >= 0.6 is 0 Å². The average molecular weight is 201 g/mol. The Kier molecular flexibility index (Phi) is 4.82. The first-order valence-corrected chi connectivity index (χ1v) is 5.46. The van der Waals surface area contributed by atoms with Crippen LogP contribution in [0.25, 0.3) is 6.08 Å². The minimum atomic E-state index is 0.737. The zero-order valence-electron chi connectivity index (χ0n) is 9.61. The summed E-state index contributed by atoms with van der Waals surface area (Å²) >= 11 is 0. The highest BCUT2D eigenvalue weighted by molar-refractivity contribution is 5.54. The highest BCUT2D eigenvalue weighted by Gasteiger charge is 2.00. The van der Waals surface area contributed by atoms with Crippen LogP contribution in [0.15, 0.2) is 37.2 Å². The van der Waals surface area contributed by atoms with Gasteiger partial charge in [0.05, 0.1) is 0 Å². The van der Waals surface area contributed by atoms with E-state index < -0.39 is 0 Å². The topological polar surface area (TPSA) is 12.9 Å². The average Bonchev–Trinajstić information content (AvgIpc) is 2.24. The number of aromatic nitrogens is 1. The summed E-state index contributed by atoms with van der Waals surface area (Å²) in [5.74, 6) is 0.737. The predicted molar refractivity (Wildman–Crippen MR) is 66.6 cm³/mol. The van der Waals surface area contributed by atoms with Crippen molar-refractivity contribution in [2.75, 3.05) is 0 Å². The monoisotopic (exact) mass is 201 g/mol. The van der Waals surface area contributed by atoms with Crippen LogP contribution in [0.5, 0.6) is 0 Å². The minimum Gasteiger partial charge on any atom is -0.264 e. The van der Waals surface area contributed by atoms with Crippen molar-refractivity contribution in [3.63, 3.8) is 0 Å². The van der Waals surface area contributed by atoms with Gasteiger partial charge in [-0.15, -0.1) is 0 Å². The molecule has 0 aromatic carbocycles. The molecular formula is C14H19N. The van der Waals surface area contributed by atoms with E-state index >= 15 is 0 Å². The fraction of sp³-hybridized carbons (Fsp3) is 0.357.